The maximum atomic E-state index is 12.6. The summed E-state index contributed by atoms with van der Waals surface area (Å²) in [6.45, 7) is 2.53. The molecule has 0 saturated carbocycles. The molecule has 0 fully saturated rings. The third kappa shape index (κ3) is 2.85. The second-order valence-corrected chi connectivity index (χ2v) is 3.26. The molecule has 0 saturated heterocycles. The first-order valence-corrected chi connectivity index (χ1v) is 4.39. The van der Waals surface area contributed by atoms with Crippen molar-refractivity contribution in [1.29, 1.82) is 0 Å². The van der Waals surface area contributed by atoms with Crippen molar-refractivity contribution >= 4 is 11.5 Å². The van der Waals surface area contributed by atoms with Gasteiger partial charge >= 0.3 is 0 Å². The fourth-order valence-electron chi connectivity index (χ4n) is 0.938. The number of anilines is 2. The Kier molecular flexibility index (Phi) is 3.64. The number of pyridine rings is 1. The van der Waals surface area contributed by atoms with E-state index in [4.69, 9.17) is 10.8 Å². The van der Waals surface area contributed by atoms with Crippen LogP contribution in [0.3, 0.4) is 0 Å². The van der Waals surface area contributed by atoms with Crippen LogP contribution in [0.2, 0.25) is 0 Å². The van der Waals surface area contributed by atoms with Crippen LogP contribution in [0.1, 0.15) is 6.92 Å². The van der Waals surface area contributed by atoms with Gasteiger partial charge in [-0.2, -0.15) is 0 Å². The topological polar surface area (TPSA) is 71.2 Å². The molecule has 0 aliphatic carbocycles. The van der Waals surface area contributed by atoms with Gasteiger partial charge in [0.15, 0.2) is 0 Å². The van der Waals surface area contributed by atoms with Gasteiger partial charge in [-0.05, 0) is 5.92 Å². The molecule has 78 valence electrons. The minimum atomic E-state index is -0.455. The summed E-state index contributed by atoms with van der Waals surface area (Å²) in [4.78, 5) is 3.79. The molecule has 1 atom stereocenters. The summed E-state index contributed by atoms with van der Waals surface area (Å²) in [7, 11) is 0. The van der Waals surface area contributed by atoms with Gasteiger partial charge < -0.3 is 16.2 Å². The van der Waals surface area contributed by atoms with Crippen molar-refractivity contribution in [2.75, 3.05) is 24.2 Å². The zero-order valence-corrected chi connectivity index (χ0v) is 8.00. The Hall–Kier alpha value is -1.36. The van der Waals surface area contributed by atoms with Gasteiger partial charge in [0.2, 0.25) is 0 Å². The van der Waals surface area contributed by atoms with Gasteiger partial charge in [0, 0.05) is 19.2 Å². The highest BCUT2D eigenvalue weighted by atomic mass is 19.1. The molecule has 0 amide bonds. The number of nitrogens with zero attached hydrogens (tertiary/aromatic N) is 1. The third-order valence-electron chi connectivity index (χ3n) is 1.81. The first kappa shape index (κ1) is 10.7. The zero-order valence-electron chi connectivity index (χ0n) is 8.00. The van der Waals surface area contributed by atoms with Crippen LogP contribution in [0.15, 0.2) is 12.3 Å². The molecule has 1 aromatic heterocycles. The van der Waals surface area contributed by atoms with Crippen molar-refractivity contribution in [2.24, 2.45) is 5.92 Å². The SMILES string of the molecule is CC(CO)CNc1ncc(F)cc1N. The molecule has 0 aromatic carbocycles. The molecule has 1 rings (SSSR count). The molecule has 0 radical (unpaired) electrons. The minimum Gasteiger partial charge on any atom is -0.396 e. The predicted octanol–water partition coefficient (Wildman–Crippen LogP) is 0.843. The minimum absolute atomic E-state index is 0.0914. The van der Waals surface area contributed by atoms with Crippen molar-refractivity contribution in [2.45, 2.75) is 6.92 Å². The quantitative estimate of drug-likeness (QED) is 0.672. The van der Waals surface area contributed by atoms with E-state index in [1.807, 2.05) is 6.92 Å². The highest BCUT2D eigenvalue weighted by Gasteiger charge is 2.04. The van der Waals surface area contributed by atoms with Gasteiger partial charge in [0.05, 0.1) is 11.9 Å². The molecule has 4 nitrogen and oxygen atoms in total. The highest BCUT2D eigenvalue weighted by molar-refractivity contribution is 5.60. The van der Waals surface area contributed by atoms with E-state index >= 15 is 0 Å². The van der Waals surface area contributed by atoms with E-state index in [0.29, 0.717) is 12.4 Å². The summed E-state index contributed by atoms with van der Waals surface area (Å²) in [5, 5.41) is 11.7. The van der Waals surface area contributed by atoms with Gasteiger partial charge in [0.1, 0.15) is 11.6 Å². The average molecular weight is 199 g/mol. The van der Waals surface area contributed by atoms with Crippen molar-refractivity contribution < 1.29 is 9.50 Å². The molecule has 1 heterocycles. The average Bonchev–Trinajstić information content (AvgIpc) is 2.16. The second-order valence-electron chi connectivity index (χ2n) is 3.26. The summed E-state index contributed by atoms with van der Waals surface area (Å²) in [5.74, 6) is 0.108. The van der Waals surface area contributed by atoms with Gasteiger partial charge in [-0.3, -0.25) is 0 Å². The number of nitrogen functional groups attached to an aromatic ring is 1. The lowest BCUT2D eigenvalue weighted by Crippen LogP contribution is -2.16. The number of halogens is 1. The molecule has 0 spiro atoms. The van der Waals surface area contributed by atoms with E-state index < -0.39 is 5.82 Å². The Morgan fingerprint density at radius 1 is 1.71 bits per heavy atom. The van der Waals surface area contributed by atoms with Gasteiger partial charge in [-0.15, -0.1) is 0 Å². The molecule has 0 bridgehead atoms. The van der Waals surface area contributed by atoms with Crippen LogP contribution in [-0.4, -0.2) is 23.2 Å². The molecule has 5 heteroatoms. The summed E-state index contributed by atoms with van der Waals surface area (Å²) in [5.41, 5.74) is 5.79. The van der Waals surface area contributed by atoms with Crippen LogP contribution >= 0.6 is 0 Å². The molecule has 0 aliphatic rings. The zero-order chi connectivity index (χ0) is 10.6. The number of nitrogens with one attached hydrogen (secondary N) is 1. The van der Waals surface area contributed by atoms with E-state index in [1.54, 1.807) is 0 Å². The number of aromatic nitrogens is 1. The maximum absolute atomic E-state index is 12.6. The summed E-state index contributed by atoms with van der Waals surface area (Å²) < 4.78 is 12.6. The number of aliphatic hydroxyl groups excluding tert-OH is 1. The van der Waals surface area contributed by atoms with Gasteiger partial charge in [-0.25, -0.2) is 9.37 Å². The van der Waals surface area contributed by atoms with E-state index in [9.17, 15) is 4.39 Å². The first-order valence-electron chi connectivity index (χ1n) is 4.39. The molecule has 1 aromatic rings. The van der Waals surface area contributed by atoms with Crippen LogP contribution in [0, 0.1) is 11.7 Å². The number of hydrogen-bond donors (Lipinski definition) is 3. The highest BCUT2D eigenvalue weighted by Crippen LogP contribution is 2.15. The van der Waals surface area contributed by atoms with Crippen LogP contribution < -0.4 is 11.1 Å². The fourth-order valence-corrected chi connectivity index (χ4v) is 0.938. The number of nitrogens with two attached hydrogens (primary N) is 1. The van der Waals surface area contributed by atoms with E-state index in [2.05, 4.69) is 10.3 Å². The largest absolute Gasteiger partial charge is 0.396 e. The van der Waals surface area contributed by atoms with Crippen molar-refractivity contribution in [3.8, 4) is 0 Å². The van der Waals surface area contributed by atoms with Crippen LogP contribution in [0.5, 0.6) is 0 Å². The Balaban J connectivity index is 2.59. The van der Waals surface area contributed by atoms with E-state index in [0.717, 1.165) is 6.20 Å². The second kappa shape index (κ2) is 4.76. The lowest BCUT2D eigenvalue weighted by molar-refractivity contribution is 0.244. The molecule has 1 unspecified atom stereocenters. The smallest absolute Gasteiger partial charge is 0.149 e. The monoisotopic (exact) mass is 199 g/mol. The summed E-state index contributed by atoms with van der Waals surface area (Å²) in [6.07, 6.45) is 1.10. The molecule has 4 N–H and O–H groups in total. The first-order chi connectivity index (χ1) is 6.63. The van der Waals surface area contributed by atoms with Gasteiger partial charge in [0.25, 0.3) is 0 Å². The lowest BCUT2D eigenvalue weighted by atomic mass is 10.2. The Morgan fingerprint density at radius 2 is 2.43 bits per heavy atom. The van der Waals surface area contributed by atoms with Crippen LogP contribution in [-0.2, 0) is 0 Å². The molecule has 14 heavy (non-hydrogen) atoms. The number of rotatable bonds is 4. The molecular weight excluding hydrogens is 185 g/mol. The lowest BCUT2D eigenvalue weighted by Gasteiger charge is -2.11. The summed E-state index contributed by atoms with van der Waals surface area (Å²) >= 11 is 0. The Morgan fingerprint density at radius 3 is 3.00 bits per heavy atom. The standard InChI is InChI=1S/C9H14FN3O/c1-6(5-14)3-12-9-8(11)2-7(10)4-13-9/h2,4,6,14H,3,5,11H2,1H3,(H,12,13). The van der Waals surface area contributed by atoms with Crippen LogP contribution in [0.25, 0.3) is 0 Å². The molecular formula is C9H14FN3O. The van der Waals surface area contributed by atoms with Crippen molar-refractivity contribution in [1.82, 2.24) is 4.98 Å². The van der Waals surface area contributed by atoms with Crippen molar-refractivity contribution in [3.05, 3.63) is 18.1 Å². The van der Waals surface area contributed by atoms with Gasteiger partial charge in [-0.1, -0.05) is 6.92 Å². The van der Waals surface area contributed by atoms with E-state index in [-0.39, 0.29) is 18.2 Å². The Labute approximate surface area is 82.0 Å². The Bertz CT molecular complexity index is 306. The number of hydrogen-bond acceptors (Lipinski definition) is 4. The number of aliphatic hydroxyl groups is 1. The maximum Gasteiger partial charge on any atom is 0.149 e. The fraction of sp³-hybridized carbons (Fsp3) is 0.444. The normalized spacial score (nSPS) is 12.5. The molecule has 0 aliphatic heterocycles. The third-order valence-corrected chi connectivity index (χ3v) is 1.81. The predicted molar refractivity (Wildman–Crippen MR) is 53.3 cm³/mol. The van der Waals surface area contributed by atoms with Crippen LogP contribution in [0.4, 0.5) is 15.9 Å². The van der Waals surface area contributed by atoms with E-state index in [1.165, 1.54) is 6.07 Å². The summed E-state index contributed by atoms with van der Waals surface area (Å²) in [6, 6.07) is 1.21. The van der Waals surface area contributed by atoms with Crippen molar-refractivity contribution in [3.63, 3.8) is 0 Å².